The van der Waals surface area contributed by atoms with E-state index in [0.29, 0.717) is 37.8 Å². The van der Waals surface area contributed by atoms with Gasteiger partial charge in [-0.2, -0.15) is 0 Å². The SMILES string of the molecule is CC(C)CO[C@@H]1C[C@@H](NC[C@]2(O)CCOC2)C1(C)C. The van der Waals surface area contributed by atoms with Gasteiger partial charge in [-0.25, -0.2) is 0 Å². The molecule has 3 atom stereocenters. The van der Waals surface area contributed by atoms with Crippen LogP contribution in [0.5, 0.6) is 0 Å². The summed E-state index contributed by atoms with van der Waals surface area (Å²) >= 11 is 0. The van der Waals surface area contributed by atoms with Crippen molar-refractivity contribution in [3.05, 3.63) is 0 Å². The maximum Gasteiger partial charge on any atom is 0.102 e. The number of hydrogen-bond donors (Lipinski definition) is 2. The number of hydrogen-bond acceptors (Lipinski definition) is 4. The summed E-state index contributed by atoms with van der Waals surface area (Å²) in [7, 11) is 0. The molecule has 0 bridgehead atoms. The Morgan fingerprint density at radius 1 is 1.42 bits per heavy atom. The molecule has 0 aromatic heterocycles. The molecule has 2 rings (SSSR count). The third-order valence-corrected chi connectivity index (χ3v) is 4.57. The Labute approximate surface area is 116 Å². The second-order valence-electron chi connectivity index (χ2n) is 7.23. The standard InChI is InChI=1S/C15H29NO3/c1-11(2)8-19-13-7-12(14(13,3)4)16-9-15(17)5-6-18-10-15/h11-13,16-17H,5-10H2,1-4H3/t12-,13-,15-/m1/s1. The molecular weight excluding hydrogens is 242 g/mol. The molecule has 4 heteroatoms. The van der Waals surface area contributed by atoms with Crippen molar-refractivity contribution in [1.82, 2.24) is 5.32 Å². The summed E-state index contributed by atoms with van der Waals surface area (Å²) < 4.78 is 11.2. The molecule has 0 unspecified atom stereocenters. The third kappa shape index (κ3) is 3.48. The fourth-order valence-corrected chi connectivity index (χ4v) is 2.87. The van der Waals surface area contributed by atoms with Crippen LogP contribution in [0.1, 0.15) is 40.5 Å². The van der Waals surface area contributed by atoms with Crippen molar-refractivity contribution in [1.29, 1.82) is 0 Å². The van der Waals surface area contributed by atoms with E-state index < -0.39 is 5.60 Å². The van der Waals surface area contributed by atoms with Gasteiger partial charge in [0.1, 0.15) is 5.60 Å². The predicted octanol–water partition coefficient (Wildman–Crippen LogP) is 1.57. The molecule has 2 fully saturated rings. The van der Waals surface area contributed by atoms with Crippen molar-refractivity contribution >= 4 is 0 Å². The maximum absolute atomic E-state index is 10.3. The summed E-state index contributed by atoms with van der Waals surface area (Å²) in [4.78, 5) is 0. The van der Waals surface area contributed by atoms with Crippen molar-refractivity contribution in [2.24, 2.45) is 11.3 Å². The highest BCUT2D eigenvalue weighted by molar-refractivity contribution is 5.04. The molecule has 1 saturated heterocycles. The zero-order chi connectivity index (χ0) is 14.1. The lowest BCUT2D eigenvalue weighted by molar-refractivity contribution is -0.127. The van der Waals surface area contributed by atoms with Crippen molar-refractivity contribution in [3.63, 3.8) is 0 Å². The van der Waals surface area contributed by atoms with E-state index in [1.165, 1.54) is 0 Å². The molecule has 2 aliphatic rings. The maximum atomic E-state index is 10.3. The van der Waals surface area contributed by atoms with E-state index in [0.717, 1.165) is 19.4 Å². The van der Waals surface area contributed by atoms with Crippen LogP contribution in [0.4, 0.5) is 0 Å². The summed E-state index contributed by atoms with van der Waals surface area (Å²) in [6.45, 7) is 11.4. The molecule has 0 spiro atoms. The number of ether oxygens (including phenoxy) is 2. The van der Waals surface area contributed by atoms with Crippen LogP contribution in [0.3, 0.4) is 0 Å². The molecule has 0 radical (unpaired) electrons. The minimum Gasteiger partial charge on any atom is -0.386 e. The summed E-state index contributed by atoms with van der Waals surface area (Å²) in [5.74, 6) is 0.583. The second kappa shape index (κ2) is 5.68. The van der Waals surface area contributed by atoms with Gasteiger partial charge in [0, 0.05) is 37.6 Å². The summed E-state index contributed by atoms with van der Waals surface area (Å²) in [6, 6.07) is 0.425. The Hall–Kier alpha value is -0.160. The van der Waals surface area contributed by atoms with E-state index >= 15 is 0 Å². The van der Waals surface area contributed by atoms with E-state index in [4.69, 9.17) is 9.47 Å². The van der Waals surface area contributed by atoms with Crippen LogP contribution >= 0.6 is 0 Å². The van der Waals surface area contributed by atoms with Crippen LogP contribution in [0.25, 0.3) is 0 Å². The Bertz CT molecular complexity index is 298. The topological polar surface area (TPSA) is 50.7 Å². The van der Waals surface area contributed by atoms with Gasteiger partial charge in [0.05, 0.1) is 12.7 Å². The Kier molecular flexibility index (Phi) is 4.56. The van der Waals surface area contributed by atoms with Crippen molar-refractivity contribution < 1.29 is 14.6 Å². The lowest BCUT2D eigenvalue weighted by Crippen LogP contribution is -2.63. The molecule has 1 saturated carbocycles. The fourth-order valence-electron chi connectivity index (χ4n) is 2.87. The first-order valence-electron chi connectivity index (χ1n) is 7.49. The van der Waals surface area contributed by atoms with Crippen molar-refractivity contribution in [3.8, 4) is 0 Å². The van der Waals surface area contributed by atoms with Crippen molar-refractivity contribution in [2.45, 2.75) is 58.3 Å². The Morgan fingerprint density at radius 2 is 2.16 bits per heavy atom. The van der Waals surface area contributed by atoms with Gasteiger partial charge in [-0.15, -0.1) is 0 Å². The average molecular weight is 271 g/mol. The second-order valence-corrected chi connectivity index (χ2v) is 7.23. The summed E-state index contributed by atoms with van der Waals surface area (Å²) in [5.41, 5.74) is -0.523. The monoisotopic (exact) mass is 271 g/mol. The van der Waals surface area contributed by atoms with Gasteiger partial charge in [-0.1, -0.05) is 27.7 Å². The van der Waals surface area contributed by atoms with E-state index in [9.17, 15) is 5.11 Å². The predicted molar refractivity (Wildman–Crippen MR) is 75.2 cm³/mol. The van der Waals surface area contributed by atoms with Gasteiger partial charge < -0.3 is 19.9 Å². The van der Waals surface area contributed by atoms with E-state index in [1.807, 2.05) is 0 Å². The highest BCUT2D eigenvalue weighted by atomic mass is 16.5. The van der Waals surface area contributed by atoms with E-state index in [1.54, 1.807) is 0 Å². The lowest BCUT2D eigenvalue weighted by atomic mass is 9.64. The number of nitrogens with one attached hydrogen (secondary N) is 1. The molecule has 112 valence electrons. The molecule has 0 aromatic carbocycles. The highest BCUT2D eigenvalue weighted by Crippen LogP contribution is 2.43. The quantitative estimate of drug-likeness (QED) is 0.770. The Balaban J connectivity index is 1.74. The number of aliphatic hydroxyl groups is 1. The van der Waals surface area contributed by atoms with Gasteiger partial charge in [0.15, 0.2) is 0 Å². The molecule has 4 nitrogen and oxygen atoms in total. The lowest BCUT2D eigenvalue weighted by Gasteiger charge is -2.52. The average Bonchev–Trinajstić information content (AvgIpc) is 2.74. The van der Waals surface area contributed by atoms with Crippen LogP contribution in [-0.4, -0.2) is 49.2 Å². The van der Waals surface area contributed by atoms with Crippen LogP contribution < -0.4 is 5.32 Å². The molecule has 1 aliphatic carbocycles. The molecule has 1 heterocycles. The minimum atomic E-state index is -0.667. The first kappa shape index (κ1) is 15.2. The zero-order valence-electron chi connectivity index (χ0n) is 12.7. The highest BCUT2D eigenvalue weighted by Gasteiger charge is 2.49. The molecule has 2 N–H and O–H groups in total. The van der Waals surface area contributed by atoms with Gasteiger partial charge in [0.2, 0.25) is 0 Å². The molecule has 0 amide bonds. The van der Waals surface area contributed by atoms with Gasteiger partial charge in [-0.05, 0) is 12.3 Å². The third-order valence-electron chi connectivity index (χ3n) is 4.57. The van der Waals surface area contributed by atoms with Crippen LogP contribution in [-0.2, 0) is 9.47 Å². The molecule has 0 aromatic rings. The van der Waals surface area contributed by atoms with Gasteiger partial charge in [0.25, 0.3) is 0 Å². The zero-order valence-corrected chi connectivity index (χ0v) is 12.7. The van der Waals surface area contributed by atoms with Gasteiger partial charge in [-0.3, -0.25) is 0 Å². The smallest absolute Gasteiger partial charge is 0.102 e. The molecule has 19 heavy (non-hydrogen) atoms. The van der Waals surface area contributed by atoms with E-state index in [-0.39, 0.29) is 5.41 Å². The fraction of sp³-hybridized carbons (Fsp3) is 1.00. The molecular formula is C15H29NO3. The largest absolute Gasteiger partial charge is 0.386 e. The van der Waals surface area contributed by atoms with Crippen molar-refractivity contribution in [2.75, 3.05) is 26.4 Å². The minimum absolute atomic E-state index is 0.144. The summed E-state index contributed by atoms with van der Waals surface area (Å²) in [5, 5.41) is 13.8. The first-order chi connectivity index (χ1) is 8.83. The Morgan fingerprint density at radius 3 is 2.68 bits per heavy atom. The first-order valence-corrected chi connectivity index (χ1v) is 7.49. The van der Waals surface area contributed by atoms with E-state index in [2.05, 4.69) is 33.0 Å². The van der Waals surface area contributed by atoms with Crippen LogP contribution in [0, 0.1) is 11.3 Å². The summed E-state index contributed by atoms with van der Waals surface area (Å²) in [6.07, 6.45) is 2.11. The van der Waals surface area contributed by atoms with Crippen LogP contribution in [0.15, 0.2) is 0 Å². The van der Waals surface area contributed by atoms with Crippen LogP contribution in [0.2, 0.25) is 0 Å². The molecule has 1 aliphatic heterocycles. The van der Waals surface area contributed by atoms with Gasteiger partial charge >= 0.3 is 0 Å². The number of rotatable bonds is 6. The normalized spacial score (nSPS) is 37.6.